The minimum Gasteiger partial charge on any atom is -0.462 e. The molecule has 0 bridgehead atoms. The maximum Gasteiger partial charge on any atom is 0.306 e. The molecule has 6 nitrogen and oxygen atoms in total. The first-order chi connectivity index (χ1) is 38.5. The number of ether oxygens (including phenoxy) is 3. The first-order valence-corrected chi connectivity index (χ1v) is 34.3. The van der Waals surface area contributed by atoms with Crippen molar-refractivity contribution >= 4 is 17.9 Å². The summed E-state index contributed by atoms with van der Waals surface area (Å²) in [6.07, 6.45) is 85.3. The molecule has 0 amide bonds. The number of allylic oxidation sites excluding steroid dienone is 10. The lowest BCUT2D eigenvalue weighted by Gasteiger charge is -2.18. The van der Waals surface area contributed by atoms with Gasteiger partial charge in [-0.2, -0.15) is 0 Å². The van der Waals surface area contributed by atoms with Crippen LogP contribution in [0.25, 0.3) is 0 Å². The van der Waals surface area contributed by atoms with Crippen molar-refractivity contribution in [3.05, 3.63) is 60.8 Å². The van der Waals surface area contributed by atoms with E-state index in [1.807, 2.05) is 0 Å². The predicted octanol–water partition coefficient (Wildman–Crippen LogP) is 23.5. The third-order valence-corrected chi connectivity index (χ3v) is 15.3. The molecule has 0 saturated carbocycles. The van der Waals surface area contributed by atoms with Gasteiger partial charge in [0.05, 0.1) is 0 Å². The van der Waals surface area contributed by atoms with Gasteiger partial charge in [0.15, 0.2) is 6.10 Å². The van der Waals surface area contributed by atoms with Crippen LogP contribution >= 0.6 is 0 Å². The minimum absolute atomic E-state index is 0.0828. The van der Waals surface area contributed by atoms with Crippen molar-refractivity contribution in [3.63, 3.8) is 0 Å². The van der Waals surface area contributed by atoms with Gasteiger partial charge < -0.3 is 14.2 Å². The van der Waals surface area contributed by atoms with Crippen molar-refractivity contribution in [1.29, 1.82) is 0 Å². The van der Waals surface area contributed by atoms with Crippen LogP contribution in [0.1, 0.15) is 361 Å². The summed E-state index contributed by atoms with van der Waals surface area (Å²) in [4.78, 5) is 38.4. The Morgan fingerprint density at radius 3 is 0.782 bits per heavy atom. The standard InChI is InChI=1S/C72H130O6/c1-4-7-10-13-16-19-22-25-28-31-34-35-36-39-41-44-47-50-53-56-59-62-65-71(74)77-68-69(78-72(75)66-63-60-57-54-51-48-45-42-38-33-30-27-24-21-18-15-12-9-6-3)67-76-70(73)64-61-58-55-52-49-46-43-40-37-32-29-26-23-20-17-14-11-8-5-2/h9,12,18,21,27,30,38,42,48,51,69H,4-8,10-11,13-17,19-20,22-26,28-29,31-37,39-41,43-47,49-50,52-68H2,1-3H3/b12-9-,21-18-,30-27-,42-38-,51-48-. The maximum absolute atomic E-state index is 12.9. The van der Waals surface area contributed by atoms with E-state index in [0.29, 0.717) is 19.3 Å². The predicted molar refractivity (Wildman–Crippen MR) is 339 cm³/mol. The van der Waals surface area contributed by atoms with E-state index in [1.165, 1.54) is 225 Å². The molecule has 0 saturated heterocycles. The van der Waals surface area contributed by atoms with E-state index in [-0.39, 0.29) is 31.1 Å². The molecule has 0 aliphatic heterocycles. The van der Waals surface area contributed by atoms with Gasteiger partial charge in [0.25, 0.3) is 0 Å². The topological polar surface area (TPSA) is 78.9 Å². The van der Waals surface area contributed by atoms with E-state index in [4.69, 9.17) is 14.2 Å². The zero-order valence-electron chi connectivity index (χ0n) is 52.2. The van der Waals surface area contributed by atoms with Crippen LogP contribution in [0.5, 0.6) is 0 Å². The Labute approximate surface area is 485 Å². The summed E-state index contributed by atoms with van der Waals surface area (Å²) in [5.74, 6) is -0.890. The Morgan fingerprint density at radius 2 is 0.500 bits per heavy atom. The lowest BCUT2D eigenvalue weighted by Crippen LogP contribution is -2.30. The van der Waals surface area contributed by atoms with Gasteiger partial charge in [-0.25, -0.2) is 0 Å². The number of carbonyl (C=O) groups is 3. The third-order valence-electron chi connectivity index (χ3n) is 15.3. The molecule has 0 aliphatic carbocycles. The van der Waals surface area contributed by atoms with Crippen LogP contribution in [0.15, 0.2) is 60.8 Å². The molecule has 0 radical (unpaired) electrons. The second kappa shape index (κ2) is 66.6. The molecule has 78 heavy (non-hydrogen) atoms. The smallest absolute Gasteiger partial charge is 0.306 e. The normalized spacial score (nSPS) is 12.4. The Bertz CT molecular complexity index is 1390. The van der Waals surface area contributed by atoms with Gasteiger partial charge in [0.1, 0.15) is 13.2 Å². The molecule has 0 spiro atoms. The molecule has 0 heterocycles. The quantitative estimate of drug-likeness (QED) is 0.0261. The van der Waals surface area contributed by atoms with Crippen LogP contribution in [-0.2, 0) is 28.6 Å². The third kappa shape index (κ3) is 63.9. The van der Waals surface area contributed by atoms with Gasteiger partial charge in [-0.1, -0.05) is 338 Å². The Morgan fingerprint density at radius 1 is 0.269 bits per heavy atom. The first kappa shape index (κ1) is 75.1. The van der Waals surface area contributed by atoms with E-state index < -0.39 is 6.10 Å². The number of hydrogen-bond acceptors (Lipinski definition) is 6. The summed E-state index contributed by atoms with van der Waals surface area (Å²) in [7, 11) is 0. The highest BCUT2D eigenvalue weighted by molar-refractivity contribution is 5.71. The summed E-state index contributed by atoms with van der Waals surface area (Å²) >= 11 is 0. The monoisotopic (exact) mass is 1090 g/mol. The molecule has 0 aliphatic rings. The number of esters is 3. The first-order valence-electron chi connectivity index (χ1n) is 34.3. The number of rotatable bonds is 63. The van der Waals surface area contributed by atoms with Gasteiger partial charge in [-0.05, 0) is 64.2 Å². The van der Waals surface area contributed by atoms with E-state index >= 15 is 0 Å². The van der Waals surface area contributed by atoms with Crippen LogP contribution < -0.4 is 0 Å². The summed E-state index contributed by atoms with van der Waals surface area (Å²) in [6, 6.07) is 0. The molecule has 0 N–H and O–H groups in total. The largest absolute Gasteiger partial charge is 0.462 e. The molecule has 1 atom stereocenters. The van der Waals surface area contributed by atoms with Crippen LogP contribution in [0, 0.1) is 0 Å². The number of hydrogen-bond donors (Lipinski definition) is 0. The second-order valence-electron chi connectivity index (χ2n) is 23.1. The maximum atomic E-state index is 12.9. The summed E-state index contributed by atoms with van der Waals surface area (Å²) < 4.78 is 17.0. The zero-order valence-corrected chi connectivity index (χ0v) is 52.2. The average Bonchev–Trinajstić information content (AvgIpc) is 3.44. The van der Waals surface area contributed by atoms with Crippen molar-refractivity contribution in [3.8, 4) is 0 Å². The summed E-state index contributed by atoms with van der Waals surface area (Å²) in [5.41, 5.74) is 0. The fourth-order valence-corrected chi connectivity index (χ4v) is 10.2. The zero-order chi connectivity index (χ0) is 56.4. The van der Waals surface area contributed by atoms with Gasteiger partial charge in [-0.15, -0.1) is 0 Å². The van der Waals surface area contributed by atoms with Crippen molar-refractivity contribution in [2.45, 2.75) is 367 Å². The van der Waals surface area contributed by atoms with E-state index in [1.54, 1.807) is 0 Å². The van der Waals surface area contributed by atoms with E-state index in [2.05, 4.69) is 81.5 Å². The lowest BCUT2D eigenvalue weighted by molar-refractivity contribution is -0.167. The average molecular weight is 1090 g/mol. The molecule has 0 aromatic rings. The van der Waals surface area contributed by atoms with Gasteiger partial charge in [-0.3, -0.25) is 14.4 Å². The van der Waals surface area contributed by atoms with Gasteiger partial charge in [0, 0.05) is 19.3 Å². The molecular weight excluding hydrogens is 961 g/mol. The second-order valence-corrected chi connectivity index (χ2v) is 23.1. The van der Waals surface area contributed by atoms with Crippen molar-refractivity contribution < 1.29 is 28.6 Å². The SMILES string of the molecule is CC/C=C\C/C=C\C/C=C\C/C=C\C/C=C\CCCCCC(=O)OC(COC(=O)CCCCCCCCCCCCCCCCCCCCC)COC(=O)CCCCCCCCCCCCCCCCCCCCCCCC. The molecular formula is C72H130O6. The molecule has 1 unspecified atom stereocenters. The van der Waals surface area contributed by atoms with Crippen molar-refractivity contribution in [1.82, 2.24) is 0 Å². The van der Waals surface area contributed by atoms with Crippen LogP contribution in [0.4, 0.5) is 0 Å². The Hall–Kier alpha value is -2.89. The lowest BCUT2D eigenvalue weighted by atomic mass is 10.0. The number of carbonyl (C=O) groups excluding carboxylic acids is 3. The van der Waals surface area contributed by atoms with Crippen LogP contribution in [0.2, 0.25) is 0 Å². The highest BCUT2D eigenvalue weighted by Gasteiger charge is 2.19. The van der Waals surface area contributed by atoms with Gasteiger partial charge in [0.2, 0.25) is 0 Å². The van der Waals surface area contributed by atoms with Crippen LogP contribution in [-0.4, -0.2) is 37.2 Å². The molecule has 0 aromatic heterocycles. The van der Waals surface area contributed by atoms with Crippen LogP contribution in [0.3, 0.4) is 0 Å². The highest BCUT2D eigenvalue weighted by atomic mass is 16.6. The van der Waals surface area contributed by atoms with Gasteiger partial charge >= 0.3 is 17.9 Å². The Balaban J connectivity index is 4.36. The molecule has 0 rings (SSSR count). The fourth-order valence-electron chi connectivity index (χ4n) is 10.2. The van der Waals surface area contributed by atoms with E-state index in [0.717, 1.165) is 96.3 Å². The molecule has 454 valence electrons. The summed E-state index contributed by atoms with van der Waals surface area (Å²) in [5, 5.41) is 0. The number of unbranched alkanes of at least 4 members (excludes halogenated alkanes) is 42. The van der Waals surface area contributed by atoms with Crippen molar-refractivity contribution in [2.24, 2.45) is 0 Å². The minimum atomic E-state index is -0.790. The van der Waals surface area contributed by atoms with Crippen molar-refractivity contribution in [2.75, 3.05) is 13.2 Å². The molecule has 0 aromatic carbocycles. The summed E-state index contributed by atoms with van der Waals surface area (Å²) in [6.45, 7) is 6.57. The Kier molecular flexibility index (Phi) is 64.2. The van der Waals surface area contributed by atoms with E-state index in [9.17, 15) is 14.4 Å². The molecule has 0 fully saturated rings. The highest BCUT2D eigenvalue weighted by Crippen LogP contribution is 2.18. The molecule has 6 heteroatoms. The fraction of sp³-hybridized carbons (Fsp3) is 0.819.